The van der Waals surface area contributed by atoms with Crippen molar-refractivity contribution in [1.29, 1.82) is 0 Å². The van der Waals surface area contributed by atoms with E-state index < -0.39 is 0 Å². The van der Waals surface area contributed by atoms with Crippen LogP contribution in [-0.2, 0) is 26.3 Å². The Labute approximate surface area is 155 Å². The molecule has 2 heterocycles. The molecule has 1 aliphatic carbocycles. The first-order valence-corrected chi connectivity index (χ1v) is 9.97. The Balaban J connectivity index is 1.25. The summed E-state index contributed by atoms with van der Waals surface area (Å²) < 4.78 is 15.2. The lowest BCUT2D eigenvalue weighted by Crippen LogP contribution is -2.46. The van der Waals surface area contributed by atoms with Gasteiger partial charge in [-0.15, -0.1) is 0 Å². The van der Waals surface area contributed by atoms with Crippen LogP contribution in [0.3, 0.4) is 0 Å². The zero-order valence-corrected chi connectivity index (χ0v) is 15.8. The van der Waals surface area contributed by atoms with Gasteiger partial charge in [0.2, 0.25) is 0 Å². The van der Waals surface area contributed by atoms with E-state index in [-0.39, 0.29) is 5.82 Å². The average Bonchev–Trinajstić information content (AvgIpc) is 2.99. The lowest BCUT2D eigenvalue weighted by Gasteiger charge is -2.36. The van der Waals surface area contributed by atoms with Crippen molar-refractivity contribution >= 4 is 5.69 Å². The van der Waals surface area contributed by atoms with Crippen LogP contribution >= 0.6 is 0 Å². The van der Waals surface area contributed by atoms with Crippen LogP contribution in [0.1, 0.15) is 36.2 Å². The Kier molecular flexibility index (Phi) is 5.25. The Morgan fingerprint density at radius 1 is 1.00 bits per heavy atom. The van der Waals surface area contributed by atoms with Crippen LogP contribution in [0.4, 0.5) is 10.1 Å². The molecule has 4 nitrogen and oxygen atoms in total. The summed E-state index contributed by atoms with van der Waals surface area (Å²) in [6, 6.07) is 6.87. The number of nitrogens with zero attached hydrogens (tertiary/aromatic N) is 4. The first-order chi connectivity index (χ1) is 12.7. The Morgan fingerprint density at radius 2 is 1.73 bits per heavy atom. The molecule has 2 aromatic rings. The topological polar surface area (TPSA) is 24.3 Å². The van der Waals surface area contributed by atoms with E-state index in [4.69, 9.17) is 5.10 Å². The molecule has 140 valence electrons. The lowest BCUT2D eigenvalue weighted by atomic mass is 9.94. The second-order valence-electron chi connectivity index (χ2n) is 7.61. The maximum atomic E-state index is 13.1. The number of hydrogen-bond donors (Lipinski definition) is 0. The third kappa shape index (κ3) is 3.78. The predicted molar refractivity (Wildman–Crippen MR) is 103 cm³/mol. The summed E-state index contributed by atoms with van der Waals surface area (Å²) in [5, 5.41) is 4.79. The molecule has 1 saturated heterocycles. The quantitative estimate of drug-likeness (QED) is 0.822. The van der Waals surface area contributed by atoms with Crippen LogP contribution in [0.2, 0.25) is 0 Å². The number of benzene rings is 1. The van der Waals surface area contributed by atoms with Crippen molar-refractivity contribution < 1.29 is 4.39 Å². The highest BCUT2D eigenvalue weighted by Crippen LogP contribution is 2.25. The van der Waals surface area contributed by atoms with Crippen molar-refractivity contribution in [2.24, 2.45) is 7.05 Å². The summed E-state index contributed by atoms with van der Waals surface area (Å²) >= 11 is 0. The molecule has 0 bridgehead atoms. The maximum absolute atomic E-state index is 13.1. The summed E-state index contributed by atoms with van der Waals surface area (Å²) in [5.41, 5.74) is 5.48. The van der Waals surface area contributed by atoms with E-state index in [9.17, 15) is 4.39 Å². The van der Waals surface area contributed by atoms with E-state index in [1.807, 2.05) is 12.1 Å². The first kappa shape index (κ1) is 17.5. The van der Waals surface area contributed by atoms with Crippen molar-refractivity contribution in [3.8, 4) is 0 Å². The highest BCUT2D eigenvalue weighted by atomic mass is 19.1. The number of piperazine rings is 1. The van der Waals surface area contributed by atoms with Gasteiger partial charge in [-0.05, 0) is 74.9 Å². The van der Waals surface area contributed by atoms with Gasteiger partial charge >= 0.3 is 0 Å². The van der Waals surface area contributed by atoms with Gasteiger partial charge in [-0.1, -0.05) is 0 Å². The highest BCUT2D eigenvalue weighted by Gasteiger charge is 2.20. The predicted octanol–water partition coefficient (Wildman–Crippen LogP) is 3.19. The van der Waals surface area contributed by atoms with E-state index in [1.165, 1.54) is 43.5 Å². The molecule has 1 aromatic heterocycles. The number of halogens is 1. The van der Waals surface area contributed by atoms with Crippen molar-refractivity contribution in [3.05, 3.63) is 47.0 Å². The van der Waals surface area contributed by atoms with E-state index in [1.54, 1.807) is 17.7 Å². The number of rotatable bonds is 5. The molecule has 0 unspecified atom stereocenters. The Hall–Kier alpha value is -1.88. The SMILES string of the molecule is Cn1nc(CCCN2CCN(c3ccc(F)cc3)CC2)c2c1CCCC2. The number of anilines is 1. The average molecular weight is 356 g/mol. The third-order valence-electron chi connectivity index (χ3n) is 5.90. The van der Waals surface area contributed by atoms with Crippen LogP contribution in [-0.4, -0.2) is 47.4 Å². The summed E-state index contributed by atoms with van der Waals surface area (Å²) in [6.45, 7) is 5.34. The van der Waals surface area contributed by atoms with Crippen LogP contribution in [0.5, 0.6) is 0 Å². The summed E-state index contributed by atoms with van der Waals surface area (Å²) in [6.07, 6.45) is 7.32. The van der Waals surface area contributed by atoms with Gasteiger partial charge in [0, 0.05) is 44.6 Å². The molecule has 4 rings (SSSR count). The molecular formula is C21H29FN4. The third-order valence-corrected chi connectivity index (χ3v) is 5.90. The molecule has 0 N–H and O–H groups in total. The van der Waals surface area contributed by atoms with Crippen molar-refractivity contribution in [2.45, 2.75) is 38.5 Å². The zero-order chi connectivity index (χ0) is 17.9. The molecule has 1 aromatic carbocycles. The number of aromatic nitrogens is 2. The fourth-order valence-electron chi connectivity index (χ4n) is 4.41. The molecule has 5 heteroatoms. The van der Waals surface area contributed by atoms with Gasteiger partial charge < -0.3 is 4.90 Å². The minimum absolute atomic E-state index is 0.163. The molecule has 0 saturated carbocycles. The van der Waals surface area contributed by atoms with E-state index in [0.29, 0.717) is 0 Å². The normalized spacial score (nSPS) is 18.2. The summed E-state index contributed by atoms with van der Waals surface area (Å²) in [4.78, 5) is 4.90. The Bertz CT molecular complexity index is 729. The fourth-order valence-corrected chi connectivity index (χ4v) is 4.41. The van der Waals surface area contributed by atoms with E-state index >= 15 is 0 Å². The van der Waals surface area contributed by atoms with Gasteiger partial charge in [0.05, 0.1) is 5.69 Å². The molecule has 1 fully saturated rings. The van der Waals surface area contributed by atoms with Crippen molar-refractivity contribution in [2.75, 3.05) is 37.6 Å². The first-order valence-electron chi connectivity index (χ1n) is 9.97. The summed E-state index contributed by atoms with van der Waals surface area (Å²) in [5.74, 6) is -0.163. The molecule has 0 atom stereocenters. The maximum Gasteiger partial charge on any atom is 0.123 e. The monoisotopic (exact) mass is 356 g/mol. The molecule has 0 radical (unpaired) electrons. The number of aryl methyl sites for hydroxylation is 2. The van der Waals surface area contributed by atoms with Crippen LogP contribution in [0, 0.1) is 5.82 Å². The van der Waals surface area contributed by atoms with Gasteiger partial charge in [0.15, 0.2) is 0 Å². The van der Waals surface area contributed by atoms with Gasteiger partial charge in [-0.3, -0.25) is 9.58 Å². The number of hydrogen-bond acceptors (Lipinski definition) is 3. The zero-order valence-electron chi connectivity index (χ0n) is 15.8. The molecule has 26 heavy (non-hydrogen) atoms. The minimum Gasteiger partial charge on any atom is -0.369 e. The largest absolute Gasteiger partial charge is 0.369 e. The summed E-state index contributed by atoms with van der Waals surface area (Å²) in [7, 11) is 2.10. The molecule has 2 aliphatic rings. The fraction of sp³-hybridized carbons (Fsp3) is 0.571. The van der Waals surface area contributed by atoms with Gasteiger partial charge in [0.1, 0.15) is 5.82 Å². The second-order valence-corrected chi connectivity index (χ2v) is 7.61. The lowest BCUT2D eigenvalue weighted by molar-refractivity contribution is 0.254. The van der Waals surface area contributed by atoms with Gasteiger partial charge in [-0.25, -0.2) is 4.39 Å². The van der Waals surface area contributed by atoms with Gasteiger partial charge in [0.25, 0.3) is 0 Å². The highest BCUT2D eigenvalue weighted by molar-refractivity contribution is 5.46. The smallest absolute Gasteiger partial charge is 0.123 e. The van der Waals surface area contributed by atoms with Crippen LogP contribution in [0.25, 0.3) is 0 Å². The molecule has 0 amide bonds. The molecular weight excluding hydrogens is 327 g/mol. The van der Waals surface area contributed by atoms with Crippen molar-refractivity contribution in [1.82, 2.24) is 14.7 Å². The minimum atomic E-state index is -0.163. The second kappa shape index (κ2) is 7.78. The molecule has 0 spiro atoms. The molecule has 1 aliphatic heterocycles. The van der Waals surface area contributed by atoms with Crippen LogP contribution in [0.15, 0.2) is 24.3 Å². The standard InChI is InChI=1S/C21H29FN4/c1-24-21-7-3-2-5-19(21)20(23-24)6-4-12-25-13-15-26(16-14-25)18-10-8-17(22)9-11-18/h8-11H,2-7,12-16H2,1H3. The van der Waals surface area contributed by atoms with E-state index in [2.05, 4.69) is 21.5 Å². The van der Waals surface area contributed by atoms with Gasteiger partial charge in [-0.2, -0.15) is 5.10 Å². The number of fused-ring (bicyclic) bond motifs is 1. The van der Waals surface area contributed by atoms with Crippen molar-refractivity contribution in [3.63, 3.8) is 0 Å². The van der Waals surface area contributed by atoms with Crippen LogP contribution < -0.4 is 4.90 Å². The Morgan fingerprint density at radius 3 is 2.50 bits per heavy atom. The van der Waals surface area contributed by atoms with E-state index in [0.717, 1.165) is 44.8 Å².